The zero-order chi connectivity index (χ0) is 19.8. The Morgan fingerprint density at radius 2 is 1.93 bits per heavy atom. The maximum Gasteiger partial charge on any atom is 0.274 e. The Bertz CT molecular complexity index is 784. The summed E-state index contributed by atoms with van der Waals surface area (Å²) in [7, 11) is 7.08. The minimum absolute atomic E-state index is 0.295. The quantitative estimate of drug-likeness (QED) is 0.637. The summed E-state index contributed by atoms with van der Waals surface area (Å²) in [6.45, 7) is 1.80. The summed E-state index contributed by atoms with van der Waals surface area (Å²) >= 11 is 6.09. The van der Waals surface area contributed by atoms with Crippen molar-refractivity contribution < 1.29 is 14.3 Å². The van der Waals surface area contributed by atoms with Crippen molar-refractivity contribution in [3.8, 4) is 11.5 Å². The molecule has 1 heterocycles. The van der Waals surface area contributed by atoms with Gasteiger partial charge < -0.3 is 25.0 Å². The zero-order valence-electron chi connectivity index (χ0n) is 16.0. The molecule has 27 heavy (non-hydrogen) atoms. The van der Waals surface area contributed by atoms with Crippen molar-refractivity contribution in [1.29, 1.82) is 0 Å². The van der Waals surface area contributed by atoms with E-state index in [0.717, 1.165) is 25.2 Å². The van der Waals surface area contributed by atoms with Crippen molar-refractivity contribution >= 4 is 28.9 Å². The average molecular weight is 393 g/mol. The number of methoxy groups -OCH3 is 2. The molecule has 0 fully saturated rings. The number of carbonyl (C=O) groups is 1. The number of benzene rings is 1. The fourth-order valence-corrected chi connectivity index (χ4v) is 2.67. The predicted octanol–water partition coefficient (Wildman–Crippen LogP) is 3.37. The van der Waals surface area contributed by atoms with Crippen molar-refractivity contribution in [3.63, 3.8) is 0 Å². The summed E-state index contributed by atoms with van der Waals surface area (Å²) in [6, 6.07) is 6.75. The molecule has 2 aromatic rings. The number of nitrogens with one attached hydrogen (secondary N) is 2. The Hall–Kier alpha value is -2.51. The maximum absolute atomic E-state index is 12.6. The maximum atomic E-state index is 12.6. The number of hydrogen-bond donors (Lipinski definition) is 2. The minimum atomic E-state index is -0.352. The summed E-state index contributed by atoms with van der Waals surface area (Å²) in [5.41, 5.74) is 1.59. The van der Waals surface area contributed by atoms with Gasteiger partial charge in [0.05, 0.1) is 24.9 Å². The van der Waals surface area contributed by atoms with Crippen molar-refractivity contribution in [2.75, 3.05) is 52.0 Å². The Kier molecular flexibility index (Phi) is 7.69. The number of nitrogens with zero attached hydrogens (tertiary/aromatic N) is 2. The fraction of sp³-hybridized carbons (Fsp3) is 0.368. The van der Waals surface area contributed by atoms with Crippen LogP contribution in [-0.2, 0) is 0 Å². The third kappa shape index (κ3) is 6.01. The molecule has 0 saturated carbocycles. The summed E-state index contributed by atoms with van der Waals surface area (Å²) in [5, 5.41) is 6.49. The van der Waals surface area contributed by atoms with Gasteiger partial charge >= 0.3 is 0 Å². The SMILES string of the molecule is COc1cc(NC(=O)c2cc(NCCCN(C)C)ccn2)c(OC)cc1Cl. The van der Waals surface area contributed by atoms with E-state index in [1.807, 2.05) is 20.2 Å². The van der Waals surface area contributed by atoms with E-state index in [-0.39, 0.29) is 5.91 Å². The molecule has 0 aliphatic rings. The number of carbonyl (C=O) groups excluding carboxylic acids is 1. The third-order valence-corrected chi connectivity index (χ3v) is 4.12. The lowest BCUT2D eigenvalue weighted by Gasteiger charge is -2.13. The molecular formula is C19H25ClN4O3. The van der Waals surface area contributed by atoms with Crippen LogP contribution in [0.3, 0.4) is 0 Å². The lowest BCUT2D eigenvalue weighted by molar-refractivity contribution is 0.102. The third-order valence-electron chi connectivity index (χ3n) is 3.83. The molecule has 1 aromatic heterocycles. The second-order valence-electron chi connectivity index (χ2n) is 6.15. The molecule has 0 aliphatic heterocycles. The Labute approximate surface area is 164 Å². The van der Waals surface area contributed by atoms with Crippen LogP contribution in [0, 0.1) is 0 Å². The van der Waals surface area contributed by atoms with Gasteiger partial charge in [-0.1, -0.05) is 11.6 Å². The van der Waals surface area contributed by atoms with E-state index in [9.17, 15) is 4.79 Å². The normalized spacial score (nSPS) is 10.6. The van der Waals surface area contributed by atoms with E-state index in [2.05, 4.69) is 20.5 Å². The summed E-state index contributed by atoms with van der Waals surface area (Å²) in [5.74, 6) is 0.527. The molecule has 0 spiro atoms. The number of ether oxygens (including phenoxy) is 2. The van der Waals surface area contributed by atoms with E-state index in [0.29, 0.717) is 27.9 Å². The van der Waals surface area contributed by atoms with Gasteiger partial charge in [0.25, 0.3) is 5.91 Å². The Morgan fingerprint density at radius 1 is 1.19 bits per heavy atom. The van der Waals surface area contributed by atoms with Crippen molar-refractivity contribution in [1.82, 2.24) is 9.88 Å². The molecule has 7 nitrogen and oxygen atoms in total. The van der Waals surface area contributed by atoms with Crippen LogP contribution in [0.2, 0.25) is 5.02 Å². The number of anilines is 2. The molecule has 0 atom stereocenters. The van der Waals surface area contributed by atoms with Crippen LogP contribution in [-0.4, -0.2) is 57.2 Å². The van der Waals surface area contributed by atoms with Gasteiger partial charge in [-0.05, 0) is 39.2 Å². The van der Waals surface area contributed by atoms with Crippen LogP contribution in [0.4, 0.5) is 11.4 Å². The molecular weight excluding hydrogens is 368 g/mol. The van der Waals surface area contributed by atoms with Gasteiger partial charge in [-0.15, -0.1) is 0 Å². The monoisotopic (exact) mass is 392 g/mol. The zero-order valence-corrected chi connectivity index (χ0v) is 16.8. The van der Waals surface area contributed by atoms with Gasteiger partial charge in [0.15, 0.2) is 0 Å². The van der Waals surface area contributed by atoms with Gasteiger partial charge in [-0.25, -0.2) is 0 Å². The average Bonchev–Trinajstić information content (AvgIpc) is 2.66. The Morgan fingerprint density at radius 3 is 2.59 bits per heavy atom. The van der Waals surface area contributed by atoms with E-state index in [4.69, 9.17) is 21.1 Å². The van der Waals surface area contributed by atoms with Crippen LogP contribution >= 0.6 is 11.6 Å². The first kappa shape index (κ1) is 20.8. The first-order chi connectivity index (χ1) is 12.9. The van der Waals surface area contributed by atoms with Crippen LogP contribution in [0.25, 0.3) is 0 Å². The highest BCUT2D eigenvalue weighted by Gasteiger charge is 2.15. The van der Waals surface area contributed by atoms with E-state index in [1.165, 1.54) is 14.2 Å². The molecule has 0 unspecified atom stereocenters. The van der Waals surface area contributed by atoms with Crippen LogP contribution in [0.15, 0.2) is 30.5 Å². The number of rotatable bonds is 9. The Balaban J connectivity index is 2.09. The van der Waals surface area contributed by atoms with E-state index < -0.39 is 0 Å². The van der Waals surface area contributed by atoms with Crippen LogP contribution in [0.5, 0.6) is 11.5 Å². The number of aromatic nitrogens is 1. The molecule has 8 heteroatoms. The van der Waals surface area contributed by atoms with Gasteiger partial charge in [0.1, 0.15) is 17.2 Å². The number of hydrogen-bond acceptors (Lipinski definition) is 6. The molecule has 146 valence electrons. The lowest BCUT2D eigenvalue weighted by Crippen LogP contribution is -2.17. The molecule has 2 N–H and O–H groups in total. The van der Waals surface area contributed by atoms with Crippen LogP contribution < -0.4 is 20.1 Å². The second kappa shape index (κ2) is 9.99. The highest BCUT2D eigenvalue weighted by Crippen LogP contribution is 2.36. The van der Waals surface area contributed by atoms with Crippen molar-refractivity contribution in [3.05, 3.63) is 41.2 Å². The number of amides is 1. The van der Waals surface area contributed by atoms with Gasteiger partial charge in [-0.2, -0.15) is 0 Å². The standard InChI is InChI=1S/C19H25ClN4O3/c1-24(2)9-5-7-21-13-6-8-22-16(10-13)19(25)23-15-12-17(26-3)14(20)11-18(15)27-4/h6,8,10-12H,5,7,9H2,1-4H3,(H,21,22)(H,23,25). The van der Waals surface area contributed by atoms with Crippen LogP contribution in [0.1, 0.15) is 16.9 Å². The molecule has 0 radical (unpaired) electrons. The summed E-state index contributed by atoms with van der Waals surface area (Å²) < 4.78 is 10.5. The molecule has 0 saturated heterocycles. The summed E-state index contributed by atoms with van der Waals surface area (Å²) in [4.78, 5) is 18.9. The molecule has 1 amide bonds. The largest absolute Gasteiger partial charge is 0.495 e. The lowest BCUT2D eigenvalue weighted by atomic mass is 10.2. The highest BCUT2D eigenvalue weighted by atomic mass is 35.5. The predicted molar refractivity (Wildman–Crippen MR) is 108 cm³/mol. The van der Waals surface area contributed by atoms with Gasteiger partial charge in [0.2, 0.25) is 0 Å². The summed E-state index contributed by atoms with van der Waals surface area (Å²) in [6.07, 6.45) is 2.60. The second-order valence-corrected chi connectivity index (χ2v) is 6.56. The van der Waals surface area contributed by atoms with E-state index in [1.54, 1.807) is 24.4 Å². The fourth-order valence-electron chi connectivity index (χ4n) is 2.44. The van der Waals surface area contributed by atoms with Gasteiger partial charge in [-0.3, -0.25) is 9.78 Å². The smallest absolute Gasteiger partial charge is 0.274 e. The van der Waals surface area contributed by atoms with Crippen molar-refractivity contribution in [2.24, 2.45) is 0 Å². The van der Waals surface area contributed by atoms with Gasteiger partial charge in [0, 0.05) is 30.6 Å². The molecule has 2 rings (SSSR count). The number of halogens is 1. The topological polar surface area (TPSA) is 75.7 Å². The first-order valence-electron chi connectivity index (χ1n) is 8.52. The molecule has 0 aliphatic carbocycles. The first-order valence-corrected chi connectivity index (χ1v) is 8.90. The van der Waals surface area contributed by atoms with E-state index >= 15 is 0 Å². The minimum Gasteiger partial charge on any atom is -0.495 e. The molecule has 1 aromatic carbocycles. The molecule has 0 bridgehead atoms. The van der Waals surface area contributed by atoms with Crippen molar-refractivity contribution in [2.45, 2.75) is 6.42 Å². The highest BCUT2D eigenvalue weighted by molar-refractivity contribution is 6.32. The number of pyridine rings is 1.